The molecule has 0 aromatic rings. The van der Waals surface area contributed by atoms with Crippen LogP contribution in [0.3, 0.4) is 0 Å². The summed E-state index contributed by atoms with van der Waals surface area (Å²) in [5.41, 5.74) is 9.08. The molecule has 0 aliphatic heterocycles. The van der Waals surface area contributed by atoms with E-state index in [1.807, 2.05) is 24.3 Å². The van der Waals surface area contributed by atoms with Gasteiger partial charge in [-0.1, -0.05) is 23.3 Å². The second-order valence-electron chi connectivity index (χ2n) is 6.47. The molecule has 184 valence electrons. The van der Waals surface area contributed by atoms with Crippen LogP contribution < -0.4 is 24.8 Å². The van der Waals surface area contributed by atoms with E-state index in [1.54, 1.807) is 11.1 Å². The zero-order valence-electron chi connectivity index (χ0n) is 21.0. The Morgan fingerprint density at radius 1 is 0.697 bits per heavy atom. The molecule has 0 aromatic heterocycles. The molecule has 0 bridgehead atoms. The molecule has 0 amide bonds. The number of hydrogen-bond donors (Lipinski definition) is 0. The molecule has 0 spiro atoms. The van der Waals surface area contributed by atoms with E-state index >= 15 is 0 Å². The third kappa shape index (κ3) is 18.7. The molecule has 0 radical (unpaired) electrons. The van der Waals surface area contributed by atoms with Crippen molar-refractivity contribution in [1.29, 1.82) is 0 Å². The Morgan fingerprint density at radius 3 is 1.12 bits per heavy atom. The van der Waals surface area contributed by atoms with Crippen molar-refractivity contribution in [2.45, 2.75) is 53.4 Å². The summed E-state index contributed by atoms with van der Waals surface area (Å²) in [6.45, 7) is 8.94. The van der Waals surface area contributed by atoms with Crippen LogP contribution in [0.4, 0.5) is 0 Å². The summed E-state index contributed by atoms with van der Waals surface area (Å²) in [5, 5.41) is 0. The molecular weight excluding hydrogens is 649 g/mol. The largest absolute Gasteiger partial charge is 2.00 e. The predicted molar refractivity (Wildman–Crippen MR) is 136 cm³/mol. The maximum absolute atomic E-state index is 4.93. The second-order valence-corrected chi connectivity index (χ2v) is 10.2. The summed E-state index contributed by atoms with van der Waals surface area (Å²) in [6.07, 6.45) is 27.0. The first-order valence-electron chi connectivity index (χ1n) is 9.16. The van der Waals surface area contributed by atoms with Gasteiger partial charge >= 0.3 is 64.1 Å². The summed E-state index contributed by atoms with van der Waals surface area (Å²) in [7, 11) is 9.87. The van der Waals surface area contributed by atoms with Crippen molar-refractivity contribution in [2.75, 3.05) is 0 Å². The minimum Gasteiger partial charge on any atom is 2.00 e. The van der Waals surface area contributed by atoms with E-state index in [4.69, 9.17) is 17.0 Å². The topological polar surface area (TPSA) is 0 Å². The molecule has 0 fully saturated rings. The van der Waals surface area contributed by atoms with Gasteiger partial charge in [0, 0.05) is 0 Å². The van der Waals surface area contributed by atoms with Crippen molar-refractivity contribution >= 4 is 17.0 Å². The van der Waals surface area contributed by atoms with E-state index < -0.39 is 20.8 Å². The van der Waals surface area contributed by atoms with Gasteiger partial charge in [0.05, 0.1) is 0 Å². The van der Waals surface area contributed by atoms with Crippen molar-refractivity contribution in [1.82, 2.24) is 0 Å². The third-order valence-electron chi connectivity index (χ3n) is 4.85. The van der Waals surface area contributed by atoms with E-state index in [1.165, 1.54) is 22.3 Å². The van der Waals surface area contributed by atoms with E-state index in [-0.39, 0.29) is 73.3 Å². The van der Waals surface area contributed by atoms with Gasteiger partial charge in [-0.3, -0.25) is 12.2 Å². The smallest absolute Gasteiger partial charge is 2.00 e. The van der Waals surface area contributed by atoms with Crippen molar-refractivity contribution in [3.63, 3.8) is 0 Å². The maximum Gasteiger partial charge on any atom is 2.00 e. The SMILES string of the molecule is CC1=CCC(C2=C(C)C(C)=CC2)=C1C.[C-]1=CC=CC1.[C-]1=CC=CC1.[CH3-].[CH3-].[CH3-].[Cl-].[Cl-].[Cl][Zr+2][Cl].[Zr+2]. The Hall–Kier alpha value is 0.846. The Kier molecular flexibility index (Phi) is 41.5. The quantitative estimate of drug-likeness (QED) is 0.370. The molecule has 0 heterocycles. The Bertz CT molecular complexity index is 655. The van der Waals surface area contributed by atoms with Crippen LogP contribution in [0.5, 0.6) is 0 Å². The molecule has 33 heavy (non-hydrogen) atoms. The average molecular weight is 686 g/mol. The average Bonchev–Trinajstić information content (AvgIpc) is 3.45. The summed E-state index contributed by atoms with van der Waals surface area (Å²) in [5.74, 6) is 0. The first kappa shape index (κ1) is 47.1. The van der Waals surface area contributed by atoms with Crippen LogP contribution in [0.1, 0.15) is 53.4 Å². The molecule has 0 aromatic carbocycles. The minimum atomic E-state index is -0.826. The first-order chi connectivity index (χ1) is 13.0. The molecule has 0 saturated heterocycles. The predicted octanol–water partition coefficient (Wildman–Crippen LogP) is 3.66. The van der Waals surface area contributed by atoms with Crippen molar-refractivity contribution in [3.05, 3.63) is 116 Å². The van der Waals surface area contributed by atoms with Gasteiger partial charge in [-0.2, -0.15) is 12.2 Å². The summed E-state index contributed by atoms with van der Waals surface area (Å²) < 4.78 is 0. The fraction of sp³-hybridized carbons (Fsp3) is 0.296. The van der Waals surface area contributed by atoms with E-state index in [2.05, 4.69) is 64.2 Å². The van der Waals surface area contributed by atoms with Crippen LogP contribution >= 0.6 is 17.0 Å². The van der Waals surface area contributed by atoms with E-state index in [0.717, 1.165) is 25.7 Å². The van der Waals surface area contributed by atoms with Crippen molar-refractivity contribution in [2.24, 2.45) is 0 Å². The molecule has 6 heteroatoms. The van der Waals surface area contributed by atoms with Gasteiger partial charge in [0.15, 0.2) is 0 Å². The fourth-order valence-corrected chi connectivity index (χ4v) is 2.98. The normalized spacial score (nSPS) is 15.0. The Labute approximate surface area is 256 Å². The standard InChI is InChI=1S/C14H18.2C5H5.3CH3.4ClH.2Zr/c1-9-5-7-13(11(9)3)14-8-6-10(2)12(14)4;2*1-2-4-5-3-1;;;;;;;;;/h5-6H,7-8H2,1-4H3;2*1-3H,4H2;3*1H3;4*1H;;/q;5*-1;;;;;+2;+4/p-4. The number of hydrogen-bond acceptors (Lipinski definition) is 0. The van der Waals surface area contributed by atoms with Crippen LogP contribution in [0.2, 0.25) is 0 Å². The van der Waals surface area contributed by atoms with Crippen LogP contribution in [0.15, 0.2) is 82.0 Å². The van der Waals surface area contributed by atoms with Crippen molar-refractivity contribution < 1.29 is 71.9 Å². The zero-order chi connectivity index (χ0) is 20.1. The molecular formula is C27H37Cl4Zr2-3. The molecule has 4 aliphatic carbocycles. The summed E-state index contributed by atoms with van der Waals surface area (Å²) in [4.78, 5) is 0. The van der Waals surface area contributed by atoms with Crippen LogP contribution in [0.25, 0.3) is 0 Å². The van der Waals surface area contributed by atoms with Crippen molar-refractivity contribution in [3.8, 4) is 0 Å². The molecule has 0 saturated carbocycles. The molecule has 0 unspecified atom stereocenters. The number of halogens is 4. The number of allylic oxidation sites excluding steroid dienone is 16. The monoisotopic (exact) mass is 681 g/mol. The van der Waals surface area contributed by atoms with Gasteiger partial charge < -0.3 is 47.1 Å². The van der Waals surface area contributed by atoms with Gasteiger partial charge in [-0.05, 0) is 62.8 Å². The Balaban J connectivity index is -0.0000000819. The molecule has 0 atom stereocenters. The third-order valence-corrected chi connectivity index (χ3v) is 4.85. The van der Waals surface area contributed by atoms with Gasteiger partial charge in [0.25, 0.3) is 0 Å². The van der Waals surface area contributed by atoms with Gasteiger partial charge in [0.2, 0.25) is 0 Å². The van der Waals surface area contributed by atoms with Gasteiger partial charge in [-0.15, -0.1) is 12.8 Å². The fourth-order valence-electron chi connectivity index (χ4n) is 2.98. The zero-order valence-corrected chi connectivity index (χ0v) is 28.9. The Morgan fingerprint density at radius 2 is 1.00 bits per heavy atom. The van der Waals surface area contributed by atoms with E-state index in [0.29, 0.717) is 0 Å². The van der Waals surface area contributed by atoms with Gasteiger partial charge in [-0.25, -0.2) is 24.3 Å². The summed E-state index contributed by atoms with van der Waals surface area (Å²) in [6, 6.07) is 0. The first-order valence-corrected chi connectivity index (χ1v) is 15.5. The number of rotatable bonds is 1. The molecule has 0 nitrogen and oxygen atoms in total. The maximum atomic E-state index is 4.93. The molecule has 4 aliphatic rings. The van der Waals surface area contributed by atoms with Crippen LogP contribution in [-0.4, -0.2) is 0 Å². The van der Waals surface area contributed by atoms with Crippen LogP contribution in [-0.2, 0) is 47.1 Å². The molecule has 0 N–H and O–H groups in total. The minimum absolute atomic E-state index is 0. The summed E-state index contributed by atoms with van der Waals surface area (Å²) >= 11 is -0.826. The van der Waals surface area contributed by atoms with Gasteiger partial charge in [0.1, 0.15) is 0 Å². The van der Waals surface area contributed by atoms with E-state index in [9.17, 15) is 0 Å². The molecule has 4 rings (SSSR count). The second kappa shape index (κ2) is 29.1. The van der Waals surface area contributed by atoms with Crippen LogP contribution in [0, 0.1) is 34.4 Å².